The molecular formula is C17H25N3O. The molecule has 1 atom stereocenters. The lowest BCUT2D eigenvalue weighted by Crippen LogP contribution is -2.37. The summed E-state index contributed by atoms with van der Waals surface area (Å²) in [6, 6.07) is 9.29. The minimum atomic E-state index is -0.0737. The van der Waals surface area contributed by atoms with Gasteiger partial charge in [0.2, 0.25) is 0 Å². The molecule has 0 spiro atoms. The number of hydrogen-bond donors (Lipinski definition) is 1. The highest BCUT2D eigenvalue weighted by atomic mass is 16.1. The Hall–Kier alpha value is -2.02. The zero-order valence-electron chi connectivity index (χ0n) is 13.0. The number of likely N-dealkylation sites (tertiary alicyclic amines) is 1. The van der Waals surface area contributed by atoms with Crippen molar-refractivity contribution in [2.24, 2.45) is 0 Å². The van der Waals surface area contributed by atoms with Crippen molar-refractivity contribution in [3.05, 3.63) is 35.9 Å². The van der Waals surface area contributed by atoms with Gasteiger partial charge in [-0.25, -0.2) is 0 Å². The van der Waals surface area contributed by atoms with Crippen LogP contribution in [0.25, 0.3) is 0 Å². The lowest BCUT2D eigenvalue weighted by molar-refractivity contribution is 0.0945. The number of unbranched alkanes of at least 4 members (excludes halogenated alkanes) is 1. The summed E-state index contributed by atoms with van der Waals surface area (Å²) in [5.41, 5.74) is 0.661. The van der Waals surface area contributed by atoms with E-state index in [2.05, 4.69) is 25.4 Å². The molecule has 21 heavy (non-hydrogen) atoms. The van der Waals surface area contributed by atoms with Gasteiger partial charge in [-0.1, -0.05) is 44.9 Å². The van der Waals surface area contributed by atoms with Gasteiger partial charge in [0.25, 0.3) is 5.91 Å². The molecule has 1 saturated heterocycles. The normalized spacial score (nSPS) is 16.6. The Balaban J connectivity index is 0.000000491. The van der Waals surface area contributed by atoms with Crippen LogP contribution in [0.1, 0.15) is 49.9 Å². The molecule has 4 heteroatoms. The summed E-state index contributed by atoms with van der Waals surface area (Å²) in [4.78, 5) is 13.5. The molecule has 1 aromatic carbocycles. The molecule has 1 fully saturated rings. The van der Waals surface area contributed by atoms with Crippen molar-refractivity contribution in [2.45, 2.75) is 45.6 Å². The van der Waals surface area contributed by atoms with Gasteiger partial charge in [0, 0.05) is 18.7 Å². The average Bonchev–Trinajstić information content (AvgIpc) is 3.01. The molecule has 0 bridgehead atoms. The molecule has 1 amide bonds. The van der Waals surface area contributed by atoms with Gasteiger partial charge in [0.1, 0.15) is 0 Å². The van der Waals surface area contributed by atoms with E-state index < -0.39 is 0 Å². The van der Waals surface area contributed by atoms with Crippen molar-refractivity contribution in [1.82, 2.24) is 10.2 Å². The molecular weight excluding hydrogens is 262 g/mol. The molecule has 1 aliphatic heterocycles. The van der Waals surface area contributed by atoms with Crippen LogP contribution in [0.5, 0.6) is 0 Å². The number of hydrogen-bond acceptors (Lipinski definition) is 3. The van der Waals surface area contributed by atoms with Crippen molar-refractivity contribution in [1.29, 1.82) is 5.26 Å². The molecule has 0 aliphatic carbocycles. The van der Waals surface area contributed by atoms with Crippen molar-refractivity contribution >= 4 is 5.91 Å². The summed E-state index contributed by atoms with van der Waals surface area (Å²) in [6.07, 6.45) is 6.80. The van der Waals surface area contributed by atoms with Crippen molar-refractivity contribution in [2.75, 3.05) is 13.1 Å². The standard InChI is InChI=1S/C13H15N3O.C4H10/c14-10-16-8-4-7-12(16)9-15-13(17)11-5-2-1-3-6-11;1-3-4-2/h1-3,5-6,12H,4,7-9H2,(H,15,17);3-4H2,1-2H3. The Morgan fingerprint density at radius 3 is 2.57 bits per heavy atom. The largest absolute Gasteiger partial charge is 0.350 e. The Labute approximate surface area is 127 Å². The number of nitrogens with zero attached hydrogens (tertiary/aromatic N) is 2. The van der Waals surface area contributed by atoms with Crippen LogP contribution in [-0.4, -0.2) is 29.9 Å². The number of carbonyl (C=O) groups excluding carboxylic acids is 1. The lowest BCUT2D eigenvalue weighted by Gasteiger charge is -2.18. The highest BCUT2D eigenvalue weighted by Gasteiger charge is 2.23. The summed E-state index contributed by atoms with van der Waals surface area (Å²) in [5.74, 6) is -0.0737. The fraction of sp³-hybridized carbons (Fsp3) is 0.529. The van der Waals surface area contributed by atoms with E-state index in [-0.39, 0.29) is 11.9 Å². The quantitative estimate of drug-likeness (QED) is 0.865. The molecule has 1 aromatic rings. The first kappa shape index (κ1) is 17.0. The number of nitriles is 1. The van der Waals surface area contributed by atoms with E-state index in [4.69, 9.17) is 5.26 Å². The number of amides is 1. The molecule has 114 valence electrons. The van der Waals surface area contributed by atoms with Crippen molar-refractivity contribution in [3.8, 4) is 6.19 Å². The van der Waals surface area contributed by atoms with E-state index in [9.17, 15) is 4.79 Å². The molecule has 0 saturated carbocycles. The second-order valence-electron chi connectivity index (χ2n) is 5.17. The van der Waals surface area contributed by atoms with Gasteiger partial charge >= 0.3 is 0 Å². The van der Waals surface area contributed by atoms with Crippen LogP contribution < -0.4 is 5.32 Å². The van der Waals surface area contributed by atoms with Crippen molar-refractivity contribution < 1.29 is 4.79 Å². The smallest absolute Gasteiger partial charge is 0.251 e. The SMILES string of the molecule is CCCC.N#CN1CCCC1CNC(=O)c1ccccc1. The molecule has 0 aromatic heterocycles. The van der Waals surface area contributed by atoms with E-state index >= 15 is 0 Å². The molecule has 2 rings (SSSR count). The molecule has 0 radical (unpaired) electrons. The summed E-state index contributed by atoms with van der Waals surface area (Å²) in [5, 5.41) is 11.8. The molecule has 1 aliphatic rings. The Kier molecular flexibility index (Phi) is 7.96. The van der Waals surface area contributed by atoms with Crippen LogP contribution in [0, 0.1) is 11.5 Å². The number of benzene rings is 1. The molecule has 1 N–H and O–H groups in total. The molecule has 4 nitrogen and oxygen atoms in total. The second kappa shape index (κ2) is 9.82. The predicted octanol–water partition coefficient (Wildman–Crippen LogP) is 3.17. The predicted molar refractivity (Wildman–Crippen MR) is 84.7 cm³/mol. The highest BCUT2D eigenvalue weighted by Crippen LogP contribution is 2.14. The maximum absolute atomic E-state index is 11.8. The van der Waals surface area contributed by atoms with Crippen LogP contribution in [0.2, 0.25) is 0 Å². The van der Waals surface area contributed by atoms with Crippen LogP contribution in [0.15, 0.2) is 30.3 Å². The third-order valence-corrected chi connectivity index (χ3v) is 3.54. The summed E-state index contributed by atoms with van der Waals surface area (Å²) in [6.45, 7) is 5.71. The van der Waals surface area contributed by atoms with Gasteiger partial charge in [-0.05, 0) is 25.0 Å². The highest BCUT2D eigenvalue weighted by molar-refractivity contribution is 5.94. The Morgan fingerprint density at radius 1 is 1.33 bits per heavy atom. The summed E-state index contributed by atoms with van der Waals surface area (Å²) >= 11 is 0. The Bertz CT molecular complexity index is 451. The van der Waals surface area contributed by atoms with Crippen LogP contribution >= 0.6 is 0 Å². The third kappa shape index (κ3) is 5.86. The topological polar surface area (TPSA) is 56.1 Å². The minimum absolute atomic E-state index is 0.0737. The summed E-state index contributed by atoms with van der Waals surface area (Å²) < 4.78 is 0. The number of rotatable bonds is 4. The van der Waals surface area contributed by atoms with Gasteiger partial charge in [-0.15, -0.1) is 0 Å². The average molecular weight is 287 g/mol. The van der Waals surface area contributed by atoms with Crippen LogP contribution in [0.4, 0.5) is 0 Å². The van der Waals surface area contributed by atoms with Crippen molar-refractivity contribution in [3.63, 3.8) is 0 Å². The zero-order valence-corrected chi connectivity index (χ0v) is 13.0. The maximum Gasteiger partial charge on any atom is 0.251 e. The fourth-order valence-electron chi connectivity index (χ4n) is 2.08. The lowest BCUT2D eigenvalue weighted by atomic mass is 10.2. The number of carbonyl (C=O) groups is 1. The van der Waals surface area contributed by atoms with Crippen LogP contribution in [-0.2, 0) is 0 Å². The maximum atomic E-state index is 11.8. The van der Waals surface area contributed by atoms with E-state index in [0.29, 0.717) is 12.1 Å². The first-order chi connectivity index (χ1) is 10.2. The zero-order chi connectivity index (χ0) is 15.5. The monoisotopic (exact) mass is 287 g/mol. The molecule has 1 heterocycles. The van der Waals surface area contributed by atoms with E-state index in [1.54, 1.807) is 17.0 Å². The first-order valence-corrected chi connectivity index (χ1v) is 7.72. The van der Waals surface area contributed by atoms with Crippen LogP contribution in [0.3, 0.4) is 0 Å². The minimum Gasteiger partial charge on any atom is -0.350 e. The third-order valence-electron chi connectivity index (χ3n) is 3.54. The first-order valence-electron chi connectivity index (χ1n) is 7.72. The number of nitrogens with one attached hydrogen (secondary N) is 1. The summed E-state index contributed by atoms with van der Waals surface area (Å²) in [7, 11) is 0. The van der Waals surface area contributed by atoms with E-state index in [0.717, 1.165) is 19.4 Å². The van der Waals surface area contributed by atoms with Gasteiger partial charge < -0.3 is 10.2 Å². The molecule has 1 unspecified atom stereocenters. The van der Waals surface area contributed by atoms with Gasteiger partial charge in [-0.3, -0.25) is 4.79 Å². The fourth-order valence-corrected chi connectivity index (χ4v) is 2.08. The van der Waals surface area contributed by atoms with E-state index in [1.165, 1.54) is 12.8 Å². The van der Waals surface area contributed by atoms with Gasteiger partial charge in [0.05, 0.1) is 6.04 Å². The second-order valence-corrected chi connectivity index (χ2v) is 5.17. The van der Waals surface area contributed by atoms with Gasteiger partial charge in [0.15, 0.2) is 6.19 Å². The van der Waals surface area contributed by atoms with Gasteiger partial charge in [-0.2, -0.15) is 5.26 Å². The van der Waals surface area contributed by atoms with E-state index in [1.807, 2.05) is 18.2 Å². The Morgan fingerprint density at radius 2 is 2.00 bits per heavy atom.